The van der Waals surface area contributed by atoms with E-state index in [-0.39, 0.29) is 5.78 Å². The minimum absolute atomic E-state index is 0.250. The zero-order chi connectivity index (χ0) is 11.5. The standard InChI is InChI=1S/C13H18N2O/c1-3-12-11(7-9(2)14-15-12)13(16)8-10-5-4-6-10/h7,10H,3-6,8H2,1-2H3. The lowest BCUT2D eigenvalue weighted by Crippen LogP contribution is -2.17. The maximum absolute atomic E-state index is 12.1. The van der Waals surface area contributed by atoms with Gasteiger partial charge in [-0.2, -0.15) is 10.2 Å². The fourth-order valence-electron chi connectivity index (χ4n) is 2.09. The average Bonchev–Trinajstić information content (AvgIpc) is 2.23. The molecule has 0 amide bonds. The van der Waals surface area contributed by atoms with Gasteiger partial charge in [-0.15, -0.1) is 0 Å². The molecule has 1 aromatic rings. The highest BCUT2D eigenvalue weighted by atomic mass is 16.1. The Kier molecular flexibility index (Phi) is 3.32. The Hall–Kier alpha value is -1.25. The lowest BCUT2D eigenvalue weighted by Gasteiger charge is -2.24. The maximum Gasteiger partial charge on any atom is 0.165 e. The normalized spacial score (nSPS) is 15.9. The van der Waals surface area contributed by atoms with Crippen molar-refractivity contribution >= 4 is 5.78 Å². The number of aryl methyl sites for hydroxylation is 2. The van der Waals surface area contributed by atoms with E-state index in [9.17, 15) is 4.79 Å². The number of hydrogen-bond donors (Lipinski definition) is 0. The van der Waals surface area contributed by atoms with Crippen LogP contribution in [0.5, 0.6) is 0 Å². The largest absolute Gasteiger partial charge is 0.294 e. The predicted octanol–water partition coefficient (Wildman–Crippen LogP) is 2.72. The fraction of sp³-hybridized carbons (Fsp3) is 0.615. The Labute approximate surface area is 96.3 Å². The van der Waals surface area contributed by atoms with Crippen molar-refractivity contribution in [2.24, 2.45) is 5.92 Å². The quantitative estimate of drug-likeness (QED) is 0.730. The van der Waals surface area contributed by atoms with E-state index in [0.717, 1.165) is 23.4 Å². The van der Waals surface area contributed by atoms with E-state index in [1.807, 2.05) is 19.9 Å². The van der Waals surface area contributed by atoms with Gasteiger partial charge in [0.2, 0.25) is 0 Å². The first-order valence-electron chi connectivity index (χ1n) is 6.07. The van der Waals surface area contributed by atoms with E-state index in [4.69, 9.17) is 0 Å². The van der Waals surface area contributed by atoms with Gasteiger partial charge in [0.05, 0.1) is 11.4 Å². The van der Waals surface area contributed by atoms with E-state index >= 15 is 0 Å². The number of Topliss-reactive ketones (excluding diaryl/α,β-unsaturated/α-hetero) is 1. The summed E-state index contributed by atoms with van der Waals surface area (Å²) in [6.07, 6.45) is 5.18. The second-order valence-electron chi connectivity index (χ2n) is 4.62. The van der Waals surface area contributed by atoms with Crippen molar-refractivity contribution in [1.82, 2.24) is 10.2 Å². The summed E-state index contributed by atoms with van der Waals surface area (Å²) in [7, 11) is 0. The van der Waals surface area contributed by atoms with Gasteiger partial charge in [0.25, 0.3) is 0 Å². The second kappa shape index (κ2) is 4.73. The monoisotopic (exact) mass is 218 g/mol. The van der Waals surface area contributed by atoms with Crippen molar-refractivity contribution in [3.05, 3.63) is 23.0 Å². The number of carbonyl (C=O) groups is 1. The van der Waals surface area contributed by atoms with Crippen LogP contribution in [-0.2, 0) is 6.42 Å². The Morgan fingerprint density at radius 2 is 2.19 bits per heavy atom. The van der Waals surface area contributed by atoms with E-state index in [0.29, 0.717) is 12.3 Å². The molecular formula is C13H18N2O. The van der Waals surface area contributed by atoms with Gasteiger partial charge in [0.15, 0.2) is 5.78 Å². The van der Waals surface area contributed by atoms with E-state index in [1.54, 1.807) is 0 Å². The van der Waals surface area contributed by atoms with Gasteiger partial charge in [0, 0.05) is 12.0 Å². The molecule has 1 saturated carbocycles. The number of nitrogens with zero attached hydrogens (tertiary/aromatic N) is 2. The molecule has 0 spiro atoms. The molecule has 3 heteroatoms. The summed E-state index contributed by atoms with van der Waals surface area (Å²) in [5, 5.41) is 8.10. The SMILES string of the molecule is CCc1nnc(C)cc1C(=O)CC1CCC1. The zero-order valence-electron chi connectivity index (χ0n) is 9.99. The molecule has 0 saturated heterocycles. The third-order valence-corrected chi connectivity index (χ3v) is 3.33. The van der Waals surface area contributed by atoms with Gasteiger partial charge in [-0.3, -0.25) is 4.79 Å². The molecule has 1 aromatic heterocycles. The summed E-state index contributed by atoms with van der Waals surface area (Å²) in [5.41, 5.74) is 2.46. The molecule has 2 rings (SSSR count). The summed E-state index contributed by atoms with van der Waals surface area (Å²) in [6, 6.07) is 1.88. The molecule has 0 bridgehead atoms. The van der Waals surface area contributed by atoms with Gasteiger partial charge in [-0.05, 0) is 25.3 Å². The van der Waals surface area contributed by atoms with Crippen molar-refractivity contribution in [1.29, 1.82) is 0 Å². The van der Waals surface area contributed by atoms with Crippen LogP contribution in [0.2, 0.25) is 0 Å². The lowest BCUT2D eigenvalue weighted by molar-refractivity contribution is 0.0935. The molecule has 0 aromatic carbocycles. The Morgan fingerprint density at radius 1 is 1.44 bits per heavy atom. The highest BCUT2D eigenvalue weighted by molar-refractivity contribution is 5.97. The van der Waals surface area contributed by atoms with Crippen molar-refractivity contribution in [3.8, 4) is 0 Å². The first-order valence-corrected chi connectivity index (χ1v) is 6.07. The van der Waals surface area contributed by atoms with Crippen LogP contribution in [0.15, 0.2) is 6.07 Å². The molecule has 0 N–H and O–H groups in total. The molecule has 86 valence electrons. The maximum atomic E-state index is 12.1. The molecule has 0 radical (unpaired) electrons. The van der Waals surface area contributed by atoms with Crippen LogP contribution in [0.25, 0.3) is 0 Å². The van der Waals surface area contributed by atoms with Crippen molar-refractivity contribution in [2.75, 3.05) is 0 Å². The fourth-order valence-corrected chi connectivity index (χ4v) is 2.09. The van der Waals surface area contributed by atoms with E-state index in [1.165, 1.54) is 19.3 Å². The average molecular weight is 218 g/mol. The zero-order valence-corrected chi connectivity index (χ0v) is 9.99. The van der Waals surface area contributed by atoms with Gasteiger partial charge in [-0.1, -0.05) is 26.2 Å². The summed E-state index contributed by atoms with van der Waals surface area (Å²) < 4.78 is 0. The molecule has 1 aliphatic rings. The molecule has 0 atom stereocenters. The summed E-state index contributed by atoms with van der Waals surface area (Å²) in [5.74, 6) is 0.866. The molecule has 3 nitrogen and oxygen atoms in total. The number of ketones is 1. The molecule has 1 fully saturated rings. The highest BCUT2D eigenvalue weighted by Crippen LogP contribution is 2.30. The van der Waals surface area contributed by atoms with Crippen LogP contribution in [0.1, 0.15) is 54.4 Å². The Balaban J connectivity index is 2.16. The van der Waals surface area contributed by atoms with Gasteiger partial charge in [0.1, 0.15) is 0 Å². The summed E-state index contributed by atoms with van der Waals surface area (Å²) in [6.45, 7) is 3.89. The van der Waals surface area contributed by atoms with Crippen LogP contribution in [0, 0.1) is 12.8 Å². The lowest BCUT2D eigenvalue weighted by atomic mass is 9.80. The number of aromatic nitrogens is 2. The van der Waals surface area contributed by atoms with Crippen molar-refractivity contribution < 1.29 is 4.79 Å². The van der Waals surface area contributed by atoms with Crippen LogP contribution >= 0.6 is 0 Å². The third-order valence-electron chi connectivity index (χ3n) is 3.33. The second-order valence-corrected chi connectivity index (χ2v) is 4.62. The predicted molar refractivity (Wildman–Crippen MR) is 62.4 cm³/mol. The van der Waals surface area contributed by atoms with Gasteiger partial charge < -0.3 is 0 Å². The van der Waals surface area contributed by atoms with Gasteiger partial charge >= 0.3 is 0 Å². The molecule has 16 heavy (non-hydrogen) atoms. The summed E-state index contributed by atoms with van der Waals surface area (Å²) in [4.78, 5) is 12.1. The van der Waals surface area contributed by atoms with Crippen LogP contribution in [-0.4, -0.2) is 16.0 Å². The molecule has 1 heterocycles. The first-order chi connectivity index (χ1) is 7.70. The van der Waals surface area contributed by atoms with Gasteiger partial charge in [-0.25, -0.2) is 0 Å². The van der Waals surface area contributed by atoms with Crippen molar-refractivity contribution in [3.63, 3.8) is 0 Å². The number of rotatable bonds is 4. The number of hydrogen-bond acceptors (Lipinski definition) is 3. The molecular weight excluding hydrogens is 200 g/mol. The smallest absolute Gasteiger partial charge is 0.165 e. The minimum atomic E-state index is 0.250. The van der Waals surface area contributed by atoms with Crippen LogP contribution in [0.3, 0.4) is 0 Å². The third kappa shape index (κ3) is 2.29. The topological polar surface area (TPSA) is 42.9 Å². The van der Waals surface area contributed by atoms with Crippen LogP contribution in [0.4, 0.5) is 0 Å². The molecule has 0 unspecified atom stereocenters. The van der Waals surface area contributed by atoms with E-state index in [2.05, 4.69) is 10.2 Å². The molecule has 1 aliphatic carbocycles. The Bertz CT molecular complexity index is 397. The van der Waals surface area contributed by atoms with E-state index < -0.39 is 0 Å². The highest BCUT2D eigenvalue weighted by Gasteiger charge is 2.23. The minimum Gasteiger partial charge on any atom is -0.294 e. The Morgan fingerprint density at radius 3 is 2.75 bits per heavy atom. The molecule has 0 aliphatic heterocycles. The summed E-state index contributed by atoms with van der Waals surface area (Å²) >= 11 is 0. The first kappa shape index (κ1) is 11.2. The van der Waals surface area contributed by atoms with Crippen molar-refractivity contribution in [2.45, 2.75) is 46.0 Å². The number of carbonyl (C=O) groups excluding carboxylic acids is 1. The van der Waals surface area contributed by atoms with Crippen LogP contribution < -0.4 is 0 Å².